The first-order valence-electron chi connectivity index (χ1n) is 16.9. The van der Waals surface area contributed by atoms with E-state index in [0.717, 1.165) is 40.9 Å². The number of nitrogens with zero attached hydrogens (tertiary/aromatic N) is 6. The first-order chi connectivity index (χ1) is 22.8. The zero-order chi connectivity index (χ0) is 34.5. The average Bonchev–Trinajstić information content (AvgIpc) is 3.48. The third-order valence-electron chi connectivity index (χ3n) is 10.3. The third-order valence-corrected chi connectivity index (χ3v) is 10.3. The number of piperidine rings is 1. The molecule has 2 fully saturated rings. The lowest BCUT2D eigenvalue weighted by Crippen LogP contribution is -2.46. The summed E-state index contributed by atoms with van der Waals surface area (Å²) in [6, 6.07) is 13.8. The van der Waals surface area contributed by atoms with E-state index >= 15 is 0 Å². The number of aromatic nitrogens is 3. The number of amides is 3. The molecule has 0 bridgehead atoms. The van der Waals surface area contributed by atoms with Gasteiger partial charge in [-0.3, -0.25) is 14.4 Å². The van der Waals surface area contributed by atoms with Crippen molar-refractivity contribution in [3.8, 4) is 6.07 Å². The van der Waals surface area contributed by atoms with Crippen LogP contribution in [0.15, 0.2) is 36.4 Å². The molecule has 0 radical (unpaired) electrons. The molecular weight excluding hydrogens is 604 g/mol. The molecule has 2 N–H and O–H groups in total. The number of nitriles is 1. The van der Waals surface area contributed by atoms with Crippen LogP contribution in [0.4, 0.5) is 0 Å². The van der Waals surface area contributed by atoms with Gasteiger partial charge in [-0.05, 0) is 91.5 Å². The molecule has 3 aromatic rings. The molecule has 4 atom stereocenters. The van der Waals surface area contributed by atoms with Crippen molar-refractivity contribution < 1.29 is 14.4 Å². The highest BCUT2D eigenvalue weighted by atomic mass is 16.2. The fourth-order valence-electron chi connectivity index (χ4n) is 7.74. The number of hydrogen-bond acceptors (Lipinski definition) is 7. The molecule has 1 aromatic heterocycles. The Morgan fingerprint density at radius 3 is 2.04 bits per heavy atom. The van der Waals surface area contributed by atoms with Crippen molar-refractivity contribution in [3.63, 3.8) is 0 Å². The van der Waals surface area contributed by atoms with E-state index in [9.17, 15) is 19.6 Å². The van der Waals surface area contributed by atoms with Crippen LogP contribution < -0.4 is 5.32 Å². The minimum atomic E-state index is -0.847. The van der Waals surface area contributed by atoms with Crippen molar-refractivity contribution in [3.05, 3.63) is 81.4 Å². The second-order valence-corrected chi connectivity index (χ2v) is 14.5. The lowest BCUT2D eigenvalue weighted by Gasteiger charge is -2.37. The Morgan fingerprint density at radius 1 is 0.958 bits per heavy atom. The maximum absolute atomic E-state index is 13.5. The third kappa shape index (κ3) is 5.87. The van der Waals surface area contributed by atoms with Gasteiger partial charge in [-0.15, -0.1) is 10.2 Å². The summed E-state index contributed by atoms with van der Waals surface area (Å²) in [5.74, 6) is 1.81. The second kappa shape index (κ2) is 12.8. The molecule has 48 heavy (non-hydrogen) atoms. The van der Waals surface area contributed by atoms with Gasteiger partial charge in [-0.2, -0.15) is 5.26 Å². The van der Waals surface area contributed by atoms with Gasteiger partial charge in [0.05, 0.1) is 18.0 Å². The fourth-order valence-corrected chi connectivity index (χ4v) is 7.74. The molecular formula is C37H46N8O3. The Bertz CT molecular complexity index is 1720. The first kappa shape index (κ1) is 33.3. The van der Waals surface area contributed by atoms with Crippen LogP contribution in [0, 0.1) is 17.2 Å². The summed E-state index contributed by atoms with van der Waals surface area (Å²) < 4.78 is 0. The van der Waals surface area contributed by atoms with Crippen LogP contribution in [-0.4, -0.2) is 100 Å². The molecule has 11 nitrogen and oxygen atoms in total. The van der Waals surface area contributed by atoms with Gasteiger partial charge in [0, 0.05) is 57.3 Å². The Morgan fingerprint density at radius 2 is 1.54 bits per heavy atom. The molecule has 1 aliphatic heterocycles. The van der Waals surface area contributed by atoms with Crippen LogP contribution in [0.3, 0.4) is 0 Å². The quantitative estimate of drug-likeness (QED) is 0.361. The lowest BCUT2D eigenvalue weighted by molar-refractivity contribution is -0.131. The van der Waals surface area contributed by atoms with Gasteiger partial charge < -0.3 is 25.0 Å². The van der Waals surface area contributed by atoms with Gasteiger partial charge in [-0.1, -0.05) is 26.0 Å². The van der Waals surface area contributed by atoms with Crippen molar-refractivity contribution in [1.82, 2.24) is 35.2 Å². The highest BCUT2D eigenvalue weighted by Crippen LogP contribution is 2.49. The minimum absolute atomic E-state index is 0.0467. The Labute approximate surface area is 282 Å². The van der Waals surface area contributed by atoms with Crippen molar-refractivity contribution in [2.45, 2.75) is 82.3 Å². The molecule has 6 rings (SSSR count). The highest BCUT2D eigenvalue weighted by molar-refractivity contribution is 5.95. The summed E-state index contributed by atoms with van der Waals surface area (Å²) >= 11 is 0. The first-order valence-corrected chi connectivity index (χ1v) is 16.9. The molecule has 2 aliphatic carbocycles. The van der Waals surface area contributed by atoms with Gasteiger partial charge in [-0.25, -0.2) is 0 Å². The number of hydrogen-bond donors (Lipinski definition) is 2. The largest absolute Gasteiger partial charge is 0.345 e. The second-order valence-electron chi connectivity index (χ2n) is 14.5. The van der Waals surface area contributed by atoms with Crippen LogP contribution in [0.5, 0.6) is 0 Å². The molecule has 1 saturated heterocycles. The van der Waals surface area contributed by atoms with E-state index in [2.05, 4.69) is 42.2 Å². The van der Waals surface area contributed by atoms with E-state index in [0.29, 0.717) is 42.1 Å². The zero-order valence-electron chi connectivity index (χ0n) is 29.0. The van der Waals surface area contributed by atoms with E-state index in [1.54, 1.807) is 42.9 Å². The number of likely N-dealkylation sites (tertiary alicyclic amines) is 1. The Hall–Kier alpha value is -4.56. The highest BCUT2D eigenvalue weighted by Gasteiger charge is 2.54. The van der Waals surface area contributed by atoms with Crippen LogP contribution in [0.25, 0.3) is 0 Å². The Balaban J connectivity index is 1.47. The van der Waals surface area contributed by atoms with Crippen LogP contribution in [0.1, 0.15) is 101 Å². The minimum Gasteiger partial charge on any atom is -0.345 e. The van der Waals surface area contributed by atoms with E-state index in [1.165, 1.54) is 0 Å². The van der Waals surface area contributed by atoms with Crippen molar-refractivity contribution >= 4 is 17.7 Å². The van der Waals surface area contributed by atoms with E-state index in [-0.39, 0.29) is 48.3 Å². The molecule has 2 heterocycles. The van der Waals surface area contributed by atoms with Crippen LogP contribution >= 0.6 is 0 Å². The molecule has 0 spiro atoms. The number of aromatic amines is 1. The number of nitrogens with one attached hydrogen (secondary N) is 2. The summed E-state index contributed by atoms with van der Waals surface area (Å²) in [6.07, 6.45) is 3.59. The lowest BCUT2D eigenvalue weighted by atomic mass is 9.67. The van der Waals surface area contributed by atoms with Crippen molar-refractivity contribution in [1.29, 1.82) is 5.26 Å². The van der Waals surface area contributed by atoms with Gasteiger partial charge in [0.15, 0.2) is 0 Å². The summed E-state index contributed by atoms with van der Waals surface area (Å²) in [4.78, 5) is 48.2. The van der Waals surface area contributed by atoms with E-state index in [4.69, 9.17) is 5.10 Å². The molecule has 3 amide bonds. The maximum Gasteiger partial charge on any atom is 0.253 e. The standard InChI is InChI=1S/C37H46N8O3/c1-21(2)33-40-36(42-41-33)37(18-22(3)39-20-32(46)45-28(19-38)16-27-17-31(27)45)29-12-10-25(34(47)43(4)5)14-23(29)8-9-24-15-26(11-13-30(24)37)35(48)44(6)7/h10-15,21-22,27-28,31,39H,8-9,16-18,20H2,1-7H3,(H,40,41,42)/t22-,27+,28-,31-/m0/s1. The van der Waals surface area contributed by atoms with Crippen molar-refractivity contribution in [2.24, 2.45) is 5.92 Å². The van der Waals surface area contributed by atoms with Crippen LogP contribution in [0.2, 0.25) is 0 Å². The zero-order valence-corrected chi connectivity index (χ0v) is 29.0. The topological polar surface area (TPSA) is 138 Å². The predicted molar refractivity (Wildman–Crippen MR) is 182 cm³/mol. The molecule has 11 heteroatoms. The van der Waals surface area contributed by atoms with Gasteiger partial charge >= 0.3 is 0 Å². The summed E-state index contributed by atoms with van der Waals surface area (Å²) in [6.45, 7) is 6.33. The summed E-state index contributed by atoms with van der Waals surface area (Å²) in [5.41, 5.74) is 4.45. The van der Waals surface area contributed by atoms with Gasteiger partial charge in [0.2, 0.25) is 5.91 Å². The molecule has 252 valence electrons. The molecule has 2 aromatic carbocycles. The number of H-pyrrole nitrogens is 1. The van der Waals surface area contributed by atoms with E-state index < -0.39 is 5.41 Å². The summed E-state index contributed by atoms with van der Waals surface area (Å²) in [5, 5.41) is 22.5. The Kier molecular flexibility index (Phi) is 8.90. The average molecular weight is 651 g/mol. The number of aryl methyl sites for hydroxylation is 2. The fraction of sp³-hybridized carbons (Fsp3) is 0.514. The van der Waals surface area contributed by atoms with Gasteiger partial charge in [0.1, 0.15) is 17.7 Å². The normalized spacial score (nSPS) is 21.0. The van der Waals surface area contributed by atoms with E-state index in [1.807, 2.05) is 36.4 Å². The number of rotatable bonds is 9. The smallest absolute Gasteiger partial charge is 0.253 e. The van der Waals surface area contributed by atoms with Crippen molar-refractivity contribution in [2.75, 3.05) is 34.7 Å². The van der Waals surface area contributed by atoms with Gasteiger partial charge in [0.25, 0.3) is 11.8 Å². The monoisotopic (exact) mass is 650 g/mol. The molecule has 0 unspecified atom stereocenters. The number of fused-ring (bicyclic) bond motifs is 3. The number of carbonyl (C=O) groups is 3. The molecule has 1 saturated carbocycles. The number of benzene rings is 2. The molecule has 3 aliphatic rings. The number of carbonyl (C=O) groups excluding carboxylic acids is 3. The van der Waals surface area contributed by atoms with Crippen LogP contribution in [-0.2, 0) is 23.1 Å². The SMILES string of the molecule is CC(C)c1nnc(C2(C[C@H](C)NCC(=O)N3[C@H](C#N)C[C@@H]4C[C@@H]43)c3ccc(C(=O)N(C)C)cc3CCc3cc(C(=O)N(C)C)ccc32)[nH]1. The maximum atomic E-state index is 13.5. The summed E-state index contributed by atoms with van der Waals surface area (Å²) in [7, 11) is 6.99. The predicted octanol–water partition coefficient (Wildman–Crippen LogP) is 3.65.